The maximum absolute atomic E-state index is 13.1. The first-order valence-electron chi connectivity index (χ1n) is 11.2. The molecule has 9 heteroatoms. The Kier molecular flexibility index (Phi) is 6.71. The Balaban J connectivity index is 1.57. The highest BCUT2D eigenvalue weighted by molar-refractivity contribution is 7.89. The second-order valence-corrected chi connectivity index (χ2v) is 10.5. The van der Waals surface area contributed by atoms with Crippen molar-refractivity contribution in [2.75, 3.05) is 18.4 Å². The van der Waals surface area contributed by atoms with Gasteiger partial charge in [-0.1, -0.05) is 24.6 Å². The number of hydrogen-bond donors (Lipinski definition) is 1. The molecule has 0 aromatic heterocycles. The van der Waals surface area contributed by atoms with Crippen molar-refractivity contribution in [2.24, 2.45) is 0 Å². The zero-order valence-electron chi connectivity index (χ0n) is 18.7. The molecule has 2 aliphatic heterocycles. The molecular formula is C24H28N2O6S. The number of esters is 1. The molecule has 33 heavy (non-hydrogen) atoms. The van der Waals surface area contributed by atoms with E-state index in [0.29, 0.717) is 30.0 Å². The molecule has 4 rings (SSSR count). The molecule has 8 nitrogen and oxygen atoms in total. The normalized spacial score (nSPS) is 18.6. The van der Waals surface area contributed by atoms with Gasteiger partial charge in [-0.25, -0.2) is 13.2 Å². The van der Waals surface area contributed by atoms with Crippen molar-refractivity contribution in [3.8, 4) is 5.75 Å². The highest BCUT2D eigenvalue weighted by atomic mass is 32.2. The van der Waals surface area contributed by atoms with Crippen LogP contribution in [0.25, 0.3) is 0 Å². The zero-order chi connectivity index (χ0) is 23.6. The van der Waals surface area contributed by atoms with Gasteiger partial charge >= 0.3 is 5.97 Å². The van der Waals surface area contributed by atoms with Gasteiger partial charge in [-0.05, 0) is 51.0 Å². The minimum atomic E-state index is -3.68. The van der Waals surface area contributed by atoms with Crippen LogP contribution in [0.4, 0.5) is 5.69 Å². The van der Waals surface area contributed by atoms with Gasteiger partial charge in [-0.2, -0.15) is 4.31 Å². The van der Waals surface area contributed by atoms with E-state index < -0.39 is 28.0 Å². The number of sulfonamides is 1. The van der Waals surface area contributed by atoms with Crippen LogP contribution >= 0.6 is 0 Å². The van der Waals surface area contributed by atoms with Gasteiger partial charge < -0.3 is 14.8 Å². The van der Waals surface area contributed by atoms with Crippen LogP contribution in [0, 0.1) is 0 Å². The summed E-state index contributed by atoms with van der Waals surface area (Å²) in [7, 11) is -3.68. The van der Waals surface area contributed by atoms with Crippen LogP contribution < -0.4 is 10.1 Å². The molecule has 0 aliphatic carbocycles. The van der Waals surface area contributed by atoms with Crippen molar-refractivity contribution in [1.82, 2.24) is 4.31 Å². The molecule has 1 atom stereocenters. The van der Waals surface area contributed by atoms with E-state index in [1.807, 2.05) is 13.8 Å². The summed E-state index contributed by atoms with van der Waals surface area (Å²) in [4.78, 5) is 25.0. The van der Waals surface area contributed by atoms with Gasteiger partial charge in [-0.3, -0.25) is 4.79 Å². The number of amides is 1. The second kappa shape index (κ2) is 9.52. The molecule has 0 saturated carbocycles. The largest absolute Gasteiger partial charge is 0.489 e. The molecule has 176 valence electrons. The van der Waals surface area contributed by atoms with Crippen LogP contribution in [-0.4, -0.2) is 43.8 Å². The average molecular weight is 473 g/mol. The summed E-state index contributed by atoms with van der Waals surface area (Å²) in [6, 6.07) is 11.5. The fraction of sp³-hybridized carbons (Fsp3) is 0.417. The van der Waals surface area contributed by atoms with Gasteiger partial charge in [0.25, 0.3) is 0 Å². The van der Waals surface area contributed by atoms with E-state index in [1.165, 1.54) is 16.4 Å². The molecule has 2 aliphatic rings. The standard InChI is InChI=1S/C24H28N2O6S/c1-16(2)31-21-11-10-17(33(29,30)26-12-6-3-7-13-26)14-20(21)25-23(27)15-22-18-8-4-5-9-19(18)24(28)32-22/h4-5,8-11,14,16,22H,3,6-7,12-13,15H2,1-2H3,(H,25,27)/t22-/m0/s1. The summed E-state index contributed by atoms with van der Waals surface area (Å²) in [6.45, 7) is 4.67. The summed E-state index contributed by atoms with van der Waals surface area (Å²) in [5, 5.41) is 2.77. The van der Waals surface area contributed by atoms with Crippen LogP contribution in [0.3, 0.4) is 0 Å². The maximum atomic E-state index is 13.1. The van der Waals surface area contributed by atoms with Gasteiger partial charge in [0, 0.05) is 18.7 Å². The predicted octanol–water partition coefficient (Wildman–Crippen LogP) is 3.89. The van der Waals surface area contributed by atoms with Crippen molar-refractivity contribution in [1.29, 1.82) is 0 Å². The summed E-state index contributed by atoms with van der Waals surface area (Å²) in [6.07, 6.45) is 1.73. The van der Waals surface area contributed by atoms with Crippen molar-refractivity contribution in [2.45, 2.75) is 56.6 Å². The van der Waals surface area contributed by atoms with Crippen molar-refractivity contribution >= 4 is 27.6 Å². The zero-order valence-corrected chi connectivity index (χ0v) is 19.6. The van der Waals surface area contributed by atoms with Gasteiger partial charge in [-0.15, -0.1) is 0 Å². The van der Waals surface area contributed by atoms with Crippen LogP contribution in [0.1, 0.15) is 61.6 Å². The smallest absolute Gasteiger partial charge is 0.339 e. The lowest BCUT2D eigenvalue weighted by molar-refractivity contribution is -0.118. The average Bonchev–Trinajstić information content (AvgIpc) is 3.10. The monoisotopic (exact) mass is 472 g/mol. The molecule has 2 aromatic rings. The molecule has 0 radical (unpaired) electrons. The van der Waals surface area contributed by atoms with Crippen LogP contribution in [0.5, 0.6) is 5.75 Å². The third kappa shape index (κ3) is 5.04. The summed E-state index contributed by atoms with van der Waals surface area (Å²) >= 11 is 0. The number of anilines is 1. The number of benzene rings is 2. The molecule has 1 fully saturated rings. The molecule has 1 amide bonds. The molecule has 2 aromatic carbocycles. The van der Waals surface area contributed by atoms with E-state index in [2.05, 4.69) is 5.32 Å². The van der Waals surface area contributed by atoms with E-state index >= 15 is 0 Å². The van der Waals surface area contributed by atoms with Crippen molar-refractivity contribution < 1.29 is 27.5 Å². The number of hydrogen-bond acceptors (Lipinski definition) is 6. The third-order valence-electron chi connectivity index (χ3n) is 5.69. The van der Waals surface area contributed by atoms with Gasteiger partial charge in [0.15, 0.2) is 0 Å². The Bertz CT molecular complexity index is 1160. The van der Waals surface area contributed by atoms with E-state index in [-0.39, 0.29) is 23.1 Å². The van der Waals surface area contributed by atoms with Gasteiger partial charge in [0.2, 0.25) is 15.9 Å². The first-order chi connectivity index (χ1) is 15.8. The van der Waals surface area contributed by atoms with E-state index in [1.54, 1.807) is 30.3 Å². The minimum Gasteiger partial charge on any atom is -0.489 e. The Morgan fingerprint density at radius 2 is 1.88 bits per heavy atom. The number of carbonyl (C=O) groups excluding carboxylic acids is 2. The van der Waals surface area contributed by atoms with Crippen LogP contribution in [-0.2, 0) is 19.6 Å². The van der Waals surface area contributed by atoms with E-state index in [9.17, 15) is 18.0 Å². The minimum absolute atomic E-state index is 0.0903. The molecule has 1 saturated heterocycles. The second-order valence-electron chi connectivity index (χ2n) is 8.52. The number of carbonyl (C=O) groups is 2. The summed E-state index contributed by atoms with van der Waals surface area (Å²) in [5.74, 6) is -0.493. The lowest BCUT2D eigenvalue weighted by Crippen LogP contribution is -2.35. The number of ether oxygens (including phenoxy) is 2. The number of nitrogens with zero attached hydrogens (tertiary/aromatic N) is 1. The van der Waals surface area contributed by atoms with E-state index in [4.69, 9.17) is 9.47 Å². The molecular weight excluding hydrogens is 444 g/mol. The Labute approximate surface area is 193 Å². The highest BCUT2D eigenvalue weighted by Crippen LogP contribution is 2.35. The van der Waals surface area contributed by atoms with Crippen LogP contribution in [0.2, 0.25) is 0 Å². The molecule has 2 heterocycles. The lowest BCUT2D eigenvalue weighted by atomic mass is 10.0. The summed E-state index contributed by atoms with van der Waals surface area (Å²) in [5.41, 5.74) is 1.39. The molecule has 1 N–H and O–H groups in total. The number of cyclic esters (lactones) is 1. The fourth-order valence-electron chi connectivity index (χ4n) is 4.12. The molecule has 0 bridgehead atoms. The Morgan fingerprint density at radius 3 is 2.61 bits per heavy atom. The SMILES string of the molecule is CC(C)Oc1ccc(S(=O)(=O)N2CCCCC2)cc1NC(=O)C[C@@H]1OC(=O)c2ccccc21. The Morgan fingerprint density at radius 1 is 1.15 bits per heavy atom. The Hall–Kier alpha value is -2.91. The fourth-order valence-corrected chi connectivity index (χ4v) is 5.66. The molecule has 0 unspecified atom stereocenters. The van der Waals surface area contributed by atoms with Crippen molar-refractivity contribution in [3.05, 3.63) is 53.6 Å². The first kappa shape index (κ1) is 23.3. The quantitative estimate of drug-likeness (QED) is 0.614. The van der Waals surface area contributed by atoms with E-state index in [0.717, 1.165) is 19.3 Å². The molecule has 0 spiro atoms. The highest BCUT2D eigenvalue weighted by Gasteiger charge is 2.32. The number of piperidine rings is 1. The number of nitrogens with one attached hydrogen (secondary N) is 1. The first-order valence-corrected chi connectivity index (χ1v) is 12.6. The number of fused-ring (bicyclic) bond motifs is 1. The van der Waals surface area contributed by atoms with Gasteiger partial charge in [0.05, 0.1) is 28.7 Å². The lowest BCUT2D eigenvalue weighted by Gasteiger charge is -2.26. The maximum Gasteiger partial charge on any atom is 0.339 e. The van der Waals surface area contributed by atoms with Gasteiger partial charge in [0.1, 0.15) is 11.9 Å². The van der Waals surface area contributed by atoms with Crippen LogP contribution in [0.15, 0.2) is 47.4 Å². The number of rotatable bonds is 7. The third-order valence-corrected chi connectivity index (χ3v) is 7.58. The van der Waals surface area contributed by atoms with Crippen molar-refractivity contribution in [3.63, 3.8) is 0 Å². The topological polar surface area (TPSA) is 102 Å². The predicted molar refractivity (Wildman–Crippen MR) is 123 cm³/mol. The summed E-state index contributed by atoms with van der Waals surface area (Å²) < 4.78 is 38.9.